The van der Waals surface area contributed by atoms with Crippen LogP contribution in [-0.4, -0.2) is 15.0 Å². The Kier molecular flexibility index (Phi) is 4.28. The molecule has 0 saturated heterocycles. The molecule has 2 aromatic rings. The highest BCUT2D eigenvalue weighted by Crippen LogP contribution is 2.23. The van der Waals surface area contributed by atoms with Crippen LogP contribution >= 0.6 is 11.3 Å². The van der Waals surface area contributed by atoms with Crippen molar-refractivity contribution in [2.24, 2.45) is 0 Å². The summed E-state index contributed by atoms with van der Waals surface area (Å²) in [4.78, 5) is 0.187. The van der Waals surface area contributed by atoms with Gasteiger partial charge < -0.3 is 9.73 Å². The third-order valence-electron chi connectivity index (χ3n) is 2.54. The van der Waals surface area contributed by atoms with Crippen LogP contribution in [0, 0.1) is 6.92 Å². The van der Waals surface area contributed by atoms with Gasteiger partial charge in [-0.2, -0.15) is 11.3 Å². The minimum Gasteiger partial charge on any atom is -0.464 e. The van der Waals surface area contributed by atoms with E-state index in [4.69, 9.17) is 4.42 Å². The van der Waals surface area contributed by atoms with Crippen molar-refractivity contribution in [3.8, 4) is 0 Å². The van der Waals surface area contributed by atoms with Gasteiger partial charge in [-0.1, -0.05) is 6.92 Å². The number of furan rings is 1. The van der Waals surface area contributed by atoms with E-state index in [1.54, 1.807) is 24.4 Å². The summed E-state index contributed by atoms with van der Waals surface area (Å²) < 4.78 is 32.4. The summed E-state index contributed by atoms with van der Waals surface area (Å²) >= 11 is 1.44. The minimum absolute atomic E-state index is 0.187. The number of sulfonamides is 1. The number of rotatable bonds is 6. The third-order valence-corrected chi connectivity index (χ3v) is 4.71. The van der Waals surface area contributed by atoms with Gasteiger partial charge in [-0.25, -0.2) is 8.42 Å². The Bertz CT molecular complexity index is 630. The molecule has 0 fully saturated rings. The maximum Gasteiger partial charge on any atom is 0.265 e. The molecule has 2 aromatic heterocycles. The maximum atomic E-state index is 12.2. The van der Waals surface area contributed by atoms with E-state index in [-0.39, 0.29) is 4.90 Å². The van der Waals surface area contributed by atoms with Gasteiger partial charge >= 0.3 is 0 Å². The van der Waals surface area contributed by atoms with Crippen LogP contribution in [0.25, 0.3) is 0 Å². The lowest BCUT2D eigenvalue weighted by Gasteiger charge is -2.03. The van der Waals surface area contributed by atoms with Crippen LogP contribution in [0.1, 0.15) is 18.4 Å². The molecule has 0 atom stereocenters. The standard InChI is InChI=1S/C12H16N2O3S2/c1-3-13-7-11-6-12(9(2)17-11)19(15,16)14-10-4-5-18-8-10/h4-6,8,13-14H,3,7H2,1-2H3. The molecule has 0 aliphatic rings. The predicted octanol–water partition coefficient (Wildman–Crippen LogP) is 2.56. The fourth-order valence-corrected chi connectivity index (χ4v) is 3.58. The molecule has 0 saturated carbocycles. The zero-order valence-electron chi connectivity index (χ0n) is 10.8. The van der Waals surface area contributed by atoms with Gasteiger partial charge in [0, 0.05) is 11.4 Å². The Morgan fingerprint density at radius 2 is 2.21 bits per heavy atom. The molecule has 5 nitrogen and oxygen atoms in total. The molecule has 0 amide bonds. The molecule has 0 spiro atoms. The van der Waals surface area contributed by atoms with Crippen LogP contribution < -0.4 is 10.0 Å². The average molecular weight is 300 g/mol. The molecule has 0 aromatic carbocycles. The molecule has 2 rings (SSSR count). The van der Waals surface area contributed by atoms with Gasteiger partial charge in [0.25, 0.3) is 10.0 Å². The summed E-state index contributed by atoms with van der Waals surface area (Å²) in [6.45, 7) is 4.95. The second-order valence-electron chi connectivity index (χ2n) is 4.03. The van der Waals surface area contributed by atoms with Crippen LogP contribution in [0.4, 0.5) is 5.69 Å². The number of hydrogen-bond acceptors (Lipinski definition) is 5. The van der Waals surface area contributed by atoms with Crippen molar-refractivity contribution in [1.82, 2.24) is 5.32 Å². The van der Waals surface area contributed by atoms with Gasteiger partial charge in [0.1, 0.15) is 16.4 Å². The molecule has 7 heteroatoms. The zero-order valence-corrected chi connectivity index (χ0v) is 12.4. The third kappa shape index (κ3) is 3.37. The number of aryl methyl sites for hydroxylation is 1. The van der Waals surface area contributed by atoms with Crippen LogP contribution in [-0.2, 0) is 16.6 Å². The Hall–Kier alpha value is -1.31. The van der Waals surface area contributed by atoms with Crippen LogP contribution in [0.3, 0.4) is 0 Å². The van der Waals surface area contributed by atoms with Gasteiger partial charge in [0.15, 0.2) is 0 Å². The highest BCUT2D eigenvalue weighted by Gasteiger charge is 2.21. The van der Waals surface area contributed by atoms with E-state index in [2.05, 4.69) is 10.0 Å². The highest BCUT2D eigenvalue weighted by molar-refractivity contribution is 7.92. The smallest absolute Gasteiger partial charge is 0.265 e. The van der Waals surface area contributed by atoms with Crippen LogP contribution in [0.15, 0.2) is 32.2 Å². The second-order valence-corrected chi connectivity index (χ2v) is 6.46. The summed E-state index contributed by atoms with van der Waals surface area (Å²) in [5, 5.41) is 6.65. The van der Waals surface area contributed by atoms with Crippen molar-refractivity contribution in [2.45, 2.75) is 25.3 Å². The minimum atomic E-state index is -3.58. The number of anilines is 1. The fourth-order valence-electron chi connectivity index (χ4n) is 1.66. The molecule has 0 aliphatic heterocycles. The Balaban J connectivity index is 2.22. The summed E-state index contributed by atoms with van der Waals surface area (Å²) in [5.41, 5.74) is 0.568. The van der Waals surface area contributed by atoms with Gasteiger partial charge in [-0.15, -0.1) is 0 Å². The lowest BCUT2D eigenvalue weighted by atomic mass is 10.4. The zero-order chi connectivity index (χ0) is 13.9. The van der Waals surface area contributed by atoms with Crippen molar-refractivity contribution >= 4 is 27.0 Å². The van der Waals surface area contributed by atoms with Crippen molar-refractivity contribution in [3.05, 3.63) is 34.4 Å². The van der Waals surface area contributed by atoms with Crippen molar-refractivity contribution in [2.75, 3.05) is 11.3 Å². The second kappa shape index (κ2) is 5.77. The summed E-state index contributed by atoms with van der Waals surface area (Å²) in [5.74, 6) is 1.01. The van der Waals surface area contributed by atoms with E-state index in [9.17, 15) is 8.42 Å². The van der Waals surface area contributed by atoms with Gasteiger partial charge in [0.05, 0.1) is 12.2 Å². The lowest BCUT2D eigenvalue weighted by Crippen LogP contribution is -2.13. The van der Waals surface area contributed by atoms with E-state index in [1.165, 1.54) is 11.3 Å². The molecular formula is C12H16N2O3S2. The van der Waals surface area contributed by atoms with E-state index in [0.717, 1.165) is 6.54 Å². The van der Waals surface area contributed by atoms with Crippen molar-refractivity contribution in [1.29, 1.82) is 0 Å². The topological polar surface area (TPSA) is 71.3 Å². The first-order valence-corrected chi connectivity index (χ1v) is 8.30. The van der Waals surface area contributed by atoms with E-state index in [0.29, 0.717) is 23.8 Å². The molecular weight excluding hydrogens is 284 g/mol. The summed E-state index contributed by atoms with van der Waals surface area (Å²) in [7, 11) is -3.58. The molecule has 2 N–H and O–H groups in total. The van der Waals surface area contributed by atoms with Crippen LogP contribution in [0.5, 0.6) is 0 Å². The Labute approximate surface area is 116 Å². The lowest BCUT2D eigenvalue weighted by molar-refractivity contribution is 0.460. The summed E-state index contributed by atoms with van der Waals surface area (Å²) in [6, 6.07) is 3.28. The van der Waals surface area contributed by atoms with Crippen molar-refractivity contribution in [3.63, 3.8) is 0 Å². The summed E-state index contributed by atoms with van der Waals surface area (Å²) in [6.07, 6.45) is 0. The van der Waals surface area contributed by atoms with Crippen molar-refractivity contribution < 1.29 is 12.8 Å². The van der Waals surface area contributed by atoms with Crippen LogP contribution in [0.2, 0.25) is 0 Å². The largest absolute Gasteiger partial charge is 0.464 e. The van der Waals surface area contributed by atoms with E-state index < -0.39 is 10.0 Å². The first-order valence-electron chi connectivity index (χ1n) is 5.88. The first-order chi connectivity index (χ1) is 9.03. The molecule has 0 aliphatic carbocycles. The van der Waals surface area contributed by atoms with Gasteiger partial charge in [-0.05, 0) is 24.9 Å². The predicted molar refractivity (Wildman–Crippen MR) is 76.0 cm³/mol. The maximum absolute atomic E-state index is 12.2. The molecule has 19 heavy (non-hydrogen) atoms. The fraction of sp³-hybridized carbons (Fsp3) is 0.333. The Morgan fingerprint density at radius 1 is 1.42 bits per heavy atom. The molecule has 0 unspecified atom stereocenters. The monoisotopic (exact) mass is 300 g/mol. The highest BCUT2D eigenvalue weighted by atomic mass is 32.2. The van der Waals surface area contributed by atoms with E-state index in [1.807, 2.05) is 12.3 Å². The SMILES string of the molecule is CCNCc1cc(S(=O)(=O)Nc2ccsc2)c(C)o1. The van der Waals surface area contributed by atoms with E-state index >= 15 is 0 Å². The molecule has 0 bridgehead atoms. The number of hydrogen-bond donors (Lipinski definition) is 2. The molecule has 104 valence electrons. The molecule has 0 radical (unpaired) electrons. The average Bonchev–Trinajstić information content (AvgIpc) is 2.95. The molecule has 2 heterocycles. The van der Waals surface area contributed by atoms with Gasteiger partial charge in [0.2, 0.25) is 0 Å². The first kappa shape index (κ1) is 14.1. The Morgan fingerprint density at radius 3 is 2.84 bits per heavy atom. The van der Waals surface area contributed by atoms with Gasteiger partial charge in [-0.3, -0.25) is 4.72 Å². The number of nitrogens with one attached hydrogen (secondary N) is 2. The number of thiophene rings is 1. The quantitative estimate of drug-likeness (QED) is 0.860. The normalized spacial score (nSPS) is 11.7.